The molecule has 0 unspecified atom stereocenters. The highest BCUT2D eigenvalue weighted by molar-refractivity contribution is 7.89. The lowest BCUT2D eigenvalue weighted by atomic mass is 10.1. The lowest BCUT2D eigenvalue weighted by Crippen LogP contribution is -2.25. The van der Waals surface area contributed by atoms with Crippen LogP contribution in [-0.2, 0) is 10.0 Å². The Hall–Kier alpha value is -2.71. The molecular weight excluding hydrogens is 378 g/mol. The maximum absolute atomic E-state index is 12.7. The quantitative estimate of drug-likeness (QED) is 0.691. The van der Waals surface area contributed by atoms with E-state index in [-0.39, 0.29) is 22.4 Å². The first-order chi connectivity index (χ1) is 13.2. The molecule has 7 nitrogen and oxygen atoms in total. The minimum Gasteiger partial charge on any atom is -0.349 e. The SMILES string of the molecule is CNS(=O)(=O)c1cc(C(=O)Nc2cccc(C(=O)NC3CC3)c2)cc(C)c1C. The first-order valence-corrected chi connectivity index (χ1v) is 10.5. The maximum atomic E-state index is 12.7. The number of anilines is 1. The Labute approximate surface area is 164 Å². The molecular formula is C20H23N3O4S. The third kappa shape index (κ3) is 4.40. The molecule has 1 fully saturated rings. The van der Waals surface area contributed by atoms with Crippen molar-refractivity contribution in [2.24, 2.45) is 0 Å². The predicted octanol–water partition coefficient (Wildman–Crippen LogP) is 2.36. The van der Waals surface area contributed by atoms with Crippen molar-refractivity contribution in [1.82, 2.24) is 10.0 Å². The molecule has 0 spiro atoms. The van der Waals surface area contributed by atoms with Crippen LogP contribution in [0.5, 0.6) is 0 Å². The number of rotatable bonds is 6. The molecule has 1 saturated carbocycles. The molecule has 2 aromatic rings. The third-order valence-corrected chi connectivity index (χ3v) is 6.28. The Bertz CT molecular complexity index is 1040. The molecule has 1 aliphatic rings. The monoisotopic (exact) mass is 401 g/mol. The van der Waals surface area contributed by atoms with Crippen molar-refractivity contribution in [3.8, 4) is 0 Å². The third-order valence-electron chi connectivity index (χ3n) is 4.74. The maximum Gasteiger partial charge on any atom is 0.255 e. The van der Waals surface area contributed by atoms with E-state index in [9.17, 15) is 18.0 Å². The minimum absolute atomic E-state index is 0.0673. The molecule has 1 aliphatic carbocycles. The first-order valence-electron chi connectivity index (χ1n) is 8.98. The Morgan fingerprint density at radius 3 is 2.36 bits per heavy atom. The van der Waals surface area contributed by atoms with E-state index in [1.54, 1.807) is 44.2 Å². The highest BCUT2D eigenvalue weighted by Gasteiger charge is 2.24. The zero-order valence-electron chi connectivity index (χ0n) is 16.0. The lowest BCUT2D eigenvalue weighted by Gasteiger charge is -2.13. The molecule has 8 heteroatoms. The summed E-state index contributed by atoms with van der Waals surface area (Å²) in [7, 11) is -2.36. The topological polar surface area (TPSA) is 104 Å². The van der Waals surface area contributed by atoms with Crippen LogP contribution in [0.25, 0.3) is 0 Å². The van der Waals surface area contributed by atoms with E-state index in [4.69, 9.17) is 0 Å². The molecule has 0 aromatic heterocycles. The van der Waals surface area contributed by atoms with E-state index in [1.165, 1.54) is 13.1 Å². The summed E-state index contributed by atoms with van der Waals surface area (Å²) in [6.07, 6.45) is 1.99. The number of amides is 2. The Balaban J connectivity index is 1.84. The number of carbonyl (C=O) groups excluding carboxylic acids is 2. The Morgan fingerprint density at radius 1 is 1.00 bits per heavy atom. The smallest absolute Gasteiger partial charge is 0.255 e. The lowest BCUT2D eigenvalue weighted by molar-refractivity contribution is 0.0949. The molecule has 3 rings (SSSR count). The van der Waals surface area contributed by atoms with Crippen LogP contribution >= 0.6 is 0 Å². The summed E-state index contributed by atoms with van der Waals surface area (Å²) in [5.74, 6) is -0.623. The van der Waals surface area contributed by atoms with Gasteiger partial charge in [0.25, 0.3) is 11.8 Å². The van der Waals surface area contributed by atoms with Crippen molar-refractivity contribution < 1.29 is 18.0 Å². The fraction of sp³-hybridized carbons (Fsp3) is 0.300. The predicted molar refractivity (Wildman–Crippen MR) is 107 cm³/mol. The molecule has 0 radical (unpaired) electrons. The van der Waals surface area contributed by atoms with E-state index >= 15 is 0 Å². The van der Waals surface area contributed by atoms with E-state index in [0.29, 0.717) is 22.4 Å². The second-order valence-corrected chi connectivity index (χ2v) is 8.76. The van der Waals surface area contributed by atoms with Crippen LogP contribution in [0, 0.1) is 13.8 Å². The van der Waals surface area contributed by atoms with E-state index < -0.39 is 15.9 Å². The minimum atomic E-state index is -3.69. The number of nitrogens with one attached hydrogen (secondary N) is 3. The zero-order valence-corrected chi connectivity index (χ0v) is 16.8. The Morgan fingerprint density at radius 2 is 1.71 bits per heavy atom. The van der Waals surface area contributed by atoms with E-state index in [1.807, 2.05) is 0 Å². The summed E-state index contributed by atoms with van der Waals surface area (Å²) < 4.78 is 26.7. The van der Waals surface area contributed by atoms with Gasteiger partial charge in [-0.1, -0.05) is 6.07 Å². The number of benzene rings is 2. The fourth-order valence-electron chi connectivity index (χ4n) is 2.79. The van der Waals surface area contributed by atoms with Gasteiger partial charge < -0.3 is 10.6 Å². The van der Waals surface area contributed by atoms with Crippen molar-refractivity contribution in [1.29, 1.82) is 0 Å². The van der Waals surface area contributed by atoms with Crippen LogP contribution in [0.3, 0.4) is 0 Å². The summed E-state index contributed by atoms with van der Waals surface area (Å²) in [6.45, 7) is 3.45. The largest absolute Gasteiger partial charge is 0.349 e. The molecule has 3 N–H and O–H groups in total. The molecule has 2 aromatic carbocycles. The molecule has 2 amide bonds. The van der Waals surface area contributed by atoms with E-state index in [2.05, 4.69) is 15.4 Å². The zero-order chi connectivity index (χ0) is 20.5. The summed E-state index contributed by atoms with van der Waals surface area (Å²) in [6, 6.07) is 9.89. The second-order valence-electron chi connectivity index (χ2n) is 6.91. The summed E-state index contributed by atoms with van der Waals surface area (Å²) >= 11 is 0. The molecule has 0 bridgehead atoms. The fourth-order valence-corrected chi connectivity index (χ4v) is 3.85. The van der Waals surface area contributed by atoms with Gasteiger partial charge in [-0.3, -0.25) is 9.59 Å². The summed E-state index contributed by atoms with van der Waals surface area (Å²) in [4.78, 5) is 24.9. The average Bonchev–Trinajstić information content (AvgIpc) is 3.47. The van der Waals surface area contributed by atoms with Crippen molar-refractivity contribution in [2.75, 3.05) is 12.4 Å². The van der Waals surface area contributed by atoms with Crippen LogP contribution in [0.15, 0.2) is 41.3 Å². The molecule has 0 atom stereocenters. The molecule has 0 aliphatic heterocycles. The van der Waals surface area contributed by atoms with E-state index in [0.717, 1.165) is 12.8 Å². The van der Waals surface area contributed by atoms with Crippen LogP contribution in [-0.4, -0.2) is 33.3 Å². The highest BCUT2D eigenvalue weighted by Crippen LogP contribution is 2.23. The number of aryl methyl sites for hydroxylation is 1. The molecule has 148 valence electrons. The van der Waals surface area contributed by atoms with Gasteiger partial charge in [0, 0.05) is 22.9 Å². The van der Waals surface area contributed by atoms with Crippen molar-refractivity contribution >= 4 is 27.5 Å². The van der Waals surface area contributed by atoms with Gasteiger partial charge in [-0.05, 0) is 75.2 Å². The highest BCUT2D eigenvalue weighted by atomic mass is 32.2. The molecule has 0 saturated heterocycles. The van der Waals surface area contributed by atoms with Gasteiger partial charge >= 0.3 is 0 Å². The van der Waals surface area contributed by atoms with Crippen molar-refractivity contribution in [3.05, 3.63) is 58.7 Å². The van der Waals surface area contributed by atoms with Crippen LogP contribution < -0.4 is 15.4 Å². The molecule has 0 heterocycles. The summed E-state index contributed by atoms with van der Waals surface area (Å²) in [5.41, 5.74) is 2.43. The van der Waals surface area contributed by atoms with Gasteiger partial charge in [-0.2, -0.15) is 0 Å². The van der Waals surface area contributed by atoms with Gasteiger partial charge in [0.15, 0.2) is 0 Å². The van der Waals surface area contributed by atoms with Gasteiger partial charge in [0.05, 0.1) is 4.90 Å². The first kappa shape index (κ1) is 20.0. The number of carbonyl (C=O) groups is 2. The number of hydrogen-bond donors (Lipinski definition) is 3. The van der Waals surface area contributed by atoms with Gasteiger partial charge in [-0.15, -0.1) is 0 Å². The Kier molecular flexibility index (Phi) is 5.53. The average molecular weight is 401 g/mol. The van der Waals surface area contributed by atoms with Gasteiger partial charge in [0.1, 0.15) is 0 Å². The van der Waals surface area contributed by atoms with Crippen molar-refractivity contribution in [2.45, 2.75) is 37.6 Å². The second kappa shape index (κ2) is 7.73. The standard InChI is InChI=1S/C20H23N3O4S/c1-12-9-15(11-18(13(12)2)28(26,27)21-3)20(25)23-17-6-4-5-14(10-17)19(24)22-16-7-8-16/h4-6,9-11,16,21H,7-8H2,1-3H3,(H,22,24)(H,23,25). The number of sulfonamides is 1. The van der Waals surface area contributed by atoms with Gasteiger partial charge in [-0.25, -0.2) is 13.1 Å². The van der Waals surface area contributed by atoms with Crippen LogP contribution in [0.1, 0.15) is 44.7 Å². The van der Waals surface area contributed by atoms with Crippen LogP contribution in [0.4, 0.5) is 5.69 Å². The van der Waals surface area contributed by atoms with Crippen molar-refractivity contribution in [3.63, 3.8) is 0 Å². The normalized spacial score (nSPS) is 13.8. The molecule has 28 heavy (non-hydrogen) atoms. The summed E-state index contributed by atoms with van der Waals surface area (Å²) in [5, 5.41) is 5.63. The van der Waals surface area contributed by atoms with Crippen LogP contribution in [0.2, 0.25) is 0 Å². The number of hydrogen-bond acceptors (Lipinski definition) is 4. The van der Waals surface area contributed by atoms with Gasteiger partial charge in [0.2, 0.25) is 10.0 Å².